The monoisotopic (exact) mass is 481 g/mol. The van der Waals surface area contributed by atoms with Gasteiger partial charge in [0.2, 0.25) is 0 Å². The molecule has 0 amide bonds. The largest absolute Gasteiger partial charge is 0.493 e. The number of hydrogen-bond donors (Lipinski definition) is 0. The molecule has 0 saturated heterocycles. The number of oxime groups is 1. The fourth-order valence-corrected chi connectivity index (χ4v) is 4.21. The summed E-state index contributed by atoms with van der Waals surface area (Å²) in [4.78, 5) is 4.71. The lowest BCUT2D eigenvalue weighted by atomic mass is 9.83. The van der Waals surface area contributed by atoms with Crippen LogP contribution in [-0.2, 0) is 4.84 Å². The van der Waals surface area contributed by atoms with Crippen molar-refractivity contribution in [3.63, 3.8) is 0 Å². The van der Waals surface area contributed by atoms with Crippen LogP contribution in [0.15, 0.2) is 53.7 Å². The van der Waals surface area contributed by atoms with Gasteiger partial charge in [0.05, 0.1) is 19.4 Å². The molecule has 0 radical (unpaired) electrons. The summed E-state index contributed by atoms with van der Waals surface area (Å²) in [5, 5.41) is 3.78. The summed E-state index contributed by atoms with van der Waals surface area (Å²) < 4.78 is 18.1. The number of aryl methyl sites for hydroxylation is 2. The van der Waals surface area contributed by atoms with Crippen LogP contribution in [0.2, 0.25) is 0 Å². The minimum atomic E-state index is 0.594. The fraction of sp³-hybridized carbons (Fsp3) is 0.500. The van der Waals surface area contributed by atoms with Crippen LogP contribution in [0, 0.1) is 25.7 Å². The number of hydrogen-bond acceptors (Lipinski definition) is 5. The molecule has 1 aliphatic rings. The predicted octanol–water partition coefficient (Wildman–Crippen LogP) is 7.53. The molecule has 0 spiro atoms. The maximum absolute atomic E-state index is 6.27. The number of nitrogens with zero attached hydrogens (tertiary/aromatic N) is 1. The zero-order chi connectivity index (χ0) is 25.5. The second-order valence-corrected chi connectivity index (χ2v) is 8.76. The number of rotatable bonds is 11. The van der Waals surface area contributed by atoms with Gasteiger partial charge in [-0.3, -0.25) is 0 Å². The Balaban J connectivity index is 0.00000210. The zero-order valence-electron chi connectivity index (χ0n) is 22.4. The SMILES string of the molecule is C/C=C/COc1cc(C)c(OCC2CCC(COc3ccc(/C=N\OC)cc3)CC2)c(C)c1.CC. The van der Waals surface area contributed by atoms with Gasteiger partial charge in [-0.15, -0.1) is 0 Å². The van der Waals surface area contributed by atoms with E-state index in [1.165, 1.54) is 32.8 Å². The van der Waals surface area contributed by atoms with Gasteiger partial charge in [0.1, 0.15) is 31.0 Å². The van der Waals surface area contributed by atoms with E-state index in [9.17, 15) is 0 Å². The van der Waals surface area contributed by atoms with Crippen LogP contribution < -0.4 is 14.2 Å². The van der Waals surface area contributed by atoms with Crippen LogP contribution in [-0.4, -0.2) is 33.1 Å². The Morgan fingerprint density at radius 1 is 0.829 bits per heavy atom. The summed E-state index contributed by atoms with van der Waals surface area (Å²) in [6, 6.07) is 12.1. The van der Waals surface area contributed by atoms with E-state index in [4.69, 9.17) is 19.0 Å². The molecule has 0 atom stereocenters. The Labute approximate surface area is 212 Å². The third-order valence-electron chi connectivity index (χ3n) is 6.12. The van der Waals surface area contributed by atoms with E-state index in [1.54, 1.807) is 6.21 Å². The van der Waals surface area contributed by atoms with Gasteiger partial charge in [-0.2, -0.15) is 0 Å². The molecule has 5 heteroatoms. The summed E-state index contributed by atoms with van der Waals surface area (Å²) in [5.74, 6) is 4.00. The van der Waals surface area contributed by atoms with Gasteiger partial charge in [0, 0.05) is 0 Å². The Morgan fingerprint density at radius 3 is 1.94 bits per heavy atom. The first kappa shape index (κ1) is 28.3. The Bertz CT molecular complexity index is 889. The van der Waals surface area contributed by atoms with Crippen LogP contribution in [0.25, 0.3) is 0 Å². The molecule has 35 heavy (non-hydrogen) atoms. The normalized spacial score (nSPS) is 17.7. The molecular weight excluding hydrogens is 438 g/mol. The quantitative estimate of drug-likeness (QED) is 0.189. The van der Waals surface area contributed by atoms with E-state index >= 15 is 0 Å². The van der Waals surface area contributed by atoms with Crippen LogP contribution in [0.4, 0.5) is 0 Å². The van der Waals surface area contributed by atoms with Crippen molar-refractivity contribution < 1.29 is 19.0 Å². The van der Waals surface area contributed by atoms with Gasteiger partial charge in [0.15, 0.2) is 0 Å². The van der Waals surface area contributed by atoms with Gasteiger partial charge < -0.3 is 19.0 Å². The van der Waals surface area contributed by atoms with Crippen molar-refractivity contribution in [3.05, 3.63) is 65.2 Å². The number of ether oxygens (including phenoxy) is 3. The molecule has 1 saturated carbocycles. The average Bonchev–Trinajstić information content (AvgIpc) is 2.88. The molecule has 5 nitrogen and oxygen atoms in total. The molecule has 1 aliphatic carbocycles. The molecule has 2 aromatic carbocycles. The highest BCUT2D eigenvalue weighted by molar-refractivity contribution is 5.79. The van der Waals surface area contributed by atoms with Crippen LogP contribution in [0.3, 0.4) is 0 Å². The molecule has 1 fully saturated rings. The van der Waals surface area contributed by atoms with E-state index in [-0.39, 0.29) is 0 Å². The number of allylic oxidation sites excluding steroid dienone is 1. The summed E-state index contributed by atoms with van der Waals surface area (Å²) in [5.41, 5.74) is 3.25. The van der Waals surface area contributed by atoms with Crippen molar-refractivity contribution in [1.82, 2.24) is 0 Å². The smallest absolute Gasteiger partial charge is 0.125 e. The molecular formula is C30H43NO4. The lowest BCUT2D eigenvalue weighted by Gasteiger charge is -2.28. The predicted molar refractivity (Wildman–Crippen MR) is 145 cm³/mol. The fourth-order valence-electron chi connectivity index (χ4n) is 4.21. The van der Waals surface area contributed by atoms with E-state index in [0.29, 0.717) is 18.4 Å². The summed E-state index contributed by atoms with van der Waals surface area (Å²) in [6.45, 7) is 12.3. The molecule has 0 unspecified atom stereocenters. The van der Waals surface area contributed by atoms with Crippen molar-refractivity contribution in [2.75, 3.05) is 26.9 Å². The first-order valence-corrected chi connectivity index (χ1v) is 12.9. The number of benzene rings is 2. The Kier molecular flexibility index (Phi) is 12.8. The van der Waals surface area contributed by atoms with E-state index in [1.807, 2.05) is 57.2 Å². The Hall–Kier alpha value is -2.95. The average molecular weight is 482 g/mol. The van der Waals surface area contributed by atoms with E-state index < -0.39 is 0 Å². The maximum Gasteiger partial charge on any atom is 0.125 e. The third kappa shape index (κ3) is 9.67. The van der Waals surface area contributed by atoms with Gasteiger partial charge >= 0.3 is 0 Å². The van der Waals surface area contributed by atoms with Crippen molar-refractivity contribution in [3.8, 4) is 17.2 Å². The van der Waals surface area contributed by atoms with E-state index in [0.717, 1.165) is 47.2 Å². The summed E-state index contributed by atoms with van der Waals surface area (Å²) in [6.07, 6.45) is 10.4. The van der Waals surface area contributed by atoms with Gasteiger partial charge in [-0.1, -0.05) is 31.2 Å². The molecule has 3 rings (SSSR count). The lowest BCUT2D eigenvalue weighted by Crippen LogP contribution is -2.23. The lowest BCUT2D eigenvalue weighted by molar-refractivity contribution is 0.147. The molecule has 0 N–H and O–H groups in total. The highest BCUT2D eigenvalue weighted by atomic mass is 16.6. The van der Waals surface area contributed by atoms with Crippen molar-refractivity contribution in [2.45, 2.75) is 60.3 Å². The second-order valence-electron chi connectivity index (χ2n) is 8.76. The summed E-state index contributed by atoms with van der Waals surface area (Å²) >= 11 is 0. The Morgan fingerprint density at radius 2 is 1.40 bits per heavy atom. The summed E-state index contributed by atoms with van der Waals surface area (Å²) in [7, 11) is 1.54. The molecule has 0 heterocycles. The molecule has 0 aliphatic heterocycles. The van der Waals surface area contributed by atoms with Gasteiger partial charge in [-0.05, 0) is 111 Å². The van der Waals surface area contributed by atoms with Crippen molar-refractivity contribution in [2.24, 2.45) is 17.0 Å². The molecule has 2 aromatic rings. The minimum absolute atomic E-state index is 0.594. The third-order valence-corrected chi connectivity index (χ3v) is 6.12. The van der Waals surface area contributed by atoms with Gasteiger partial charge in [-0.25, -0.2) is 0 Å². The first-order valence-electron chi connectivity index (χ1n) is 12.9. The second kappa shape index (κ2) is 15.9. The standard InChI is InChI=1S/C28H37NO4.C2H6/c1-5-6-15-31-27-16-21(2)28(22(3)17-27)33-20-25-9-7-24(8-10-25)19-32-26-13-11-23(12-14-26)18-29-30-4;1-2/h5-6,11-14,16-18,24-25H,7-10,15,19-20H2,1-4H3;1-2H3/b6-5+,29-18-;. The van der Waals surface area contributed by atoms with Crippen LogP contribution in [0.5, 0.6) is 17.2 Å². The molecule has 192 valence electrons. The molecule has 0 bridgehead atoms. The van der Waals surface area contributed by atoms with Crippen LogP contribution in [0.1, 0.15) is 63.1 Å². The minimum Gasteiger partial charge on any atom is -0.493 e. The highest BCUT2D eigenvalue weighted by Gasteiger charge is 2.22. The highest BCUT2D eigenvalue weighted by Crippen LogP contribution is 2.33. The van der Waals surface area contributed by atoms with Gasteiger partial charge in [0.25, 0.3) is 0 Å². The van der Waals surface area contributed by atoms with Crippen molar-refractivity contribution in [1.29, 1.82) is 0 Å². The van der Waals surface area contributed by atoms with Crippen LogP contribution >= 0.6 is 0 Å². The van der Waals surface area contributed by atoms with Crippen molar-refractivity contribution >= 4 is 6.21 Å². The first-order chi connectivity index (χ1) is 17.1. The van der Waals surface area contributed by atoms with E-state index in [2.05, 4.69) is 31.1 Å². The maximum atomic E-state index is 6.27. The molecule has 0 aromatic heterocycles. The zero-order valence-corrected chi connectivity index (χ0v) is 22.4. The topological polar surface area (TPSA) is 49.3 Å².